The second-order valence-corrected chi connectivity index (χ2v) is 11.4. The number of hydrogen-bond acceptors (Lipinski definition) is 4. The van der Waals surface area contributed by atoms with Gasteiger partial charge in [0, 0.05) is 35.6 Å². The summed E-state index contributed by atoms with van der Waals surface area (Å²) in [5.74, 6) is -2.62. The van der Waals surface area contributed by atoms with Gasteiger partial charge in [-0.25, -0.2) is 8.78 Å². The number of nitrogens with zero attached hydrogens (tertiary/aromatic N) is 1. The molecule has 0 aliphatic carbocycles. The number of benzene rings is 2. The lowest BCUT2D eigenvalue weighted by atomic mass is 9.68. The molecule has 2 fully saturated rings. The summed E-state index contributed by atoms with van der Waals surface area (Å²) in [6.45, 7) is 6.41. The molecule has 0 saturated carbocycles. The van der Waals surface area contributed by atoms with Gasteiger partial charge in [0.2, 0.25) is 5.91 Å². The second kappa shape index (κ2) is 9.03. The van der Waals surface area contributed by atoms with Crippen LogP contribution in [0.3, 0.4) is 0 Å². The van der Waals surface area contributed by atoms with Gasteiger partial charge in [-0.05, 0) is 35.6 Å². The number of halogens is 4. The number of aliphatic hydroxyl groups is 1. The van der Waals surface area contributed by atoms with E-state index >= 15 is 8.78 Å². The lowest BCUT2D eigenvalue weighted by molar-refractivity contribution is -0.143. The molecule has 0 bridgehead atoms. The number of nitrogens with one attached hydrogen (secondary N) is 1. The van der Waals surface area contributed by atoms with E-state index in [1.165, 1.54) is 35.2 Å². The molecule has 0 aromatic heterocycles. The first-order valence-corrected chi connectivity index (χ1v) is 12.0. The van der Waals surface area contributed by atoms with Crippen LogP contribution in [0.4, 0.5) is 8.78 Å². The maximum atomic E-state index is 15.4. The molecule has 4 unspecified atom stereocenters. The summed E-state index contributed by atoms with van der Waals surface area (Å²) in [5, 5.41) is 13.2. The van der Waals surface area contributed by atoms with Crippen molar-refractivity contribution in [3.8, 4) is 0 Å². The van der Waals surface area contributed by atoms with Crippen LogP contribution < -0.4 is 11.1 Å². The monoisotopic (exact) mass is 511 g/mol. The molecule has 2 heterocycles. The Morgan fingerprint density at radius 1 is 1.24 bits per heavy atom. The highest BCUT2D eigenvalue weighted by Gasteiger charge is 2.59. The largest absolute Gasteiger partial charge is 0.389 e. The highest BCUT2D eigenvalue weighted by Crippen LogP contribution is 2.50. The van der Waals surface area contributed by atoms with Crippen molar-refractivity contribution in [3.63, 3.8) is 0 Å². The van der Waals surface area contributed by atoms with Crippen LogP contribution in [0.5, 0.6) is 0 Å². The fourth-order valence-corrected chi connectivity index (χ4v) is 5.56. The number of likely N-dealkylation sites (tertiary alicyclic amines) is 1. The Balaban J connectivity index is 1.93. The molecule has 0 radical (unpaired) electrons. The lowest BCUT2D eigenvalue weighted by Crippen LogP contribution is -2.59. The summed E-state index contributed by atoms with van der Waals surface area (Å²) in [7, 11) is 0. The van der Waals surface area contributed by atoms with Gasteiger partial charge in [-0.1, -0.05) is 62.2 Å². The maximum absolute atomic E-state index is 15.4. The van der Waals surface area contributed by atoms with Gasteiger partial charge >= 0.3 is 0 Å². The van der Waals surface area contributed by atoms with Crippen molar-refractivity contribution in [1.29, 1.82) is 0 Å². The summed E-state index contributed by atoms with van der Waals surface area (Å²) in [6, 6.07) is 7.23. The molecular weight excluding hydrogens is 483 g/mol. The Morgan fingerprint density at radius 3 is 2.50 bits per heavy atom. The molecule has 184 valence electrons. The van der Waals surface area contributed by atoms with Crippen LogP contribution >= 0.6 is 23.2 Å². The maximum Gasteiger partial charge on any atom is 0.240 e. The van der Waals surface area contributed by atoms with E-state index < -0.39 is 41.3 Å². The van der Waals surface area contributed by atoms with E-state index in [-0.39, 0.29) is 45.6 Å². The summed E-state index contributed by atoms with van der Waals surface area (Å²) >= 11 is 12.1. The van der Waals surface area contributed by atoms with Crippen LogP contribution in [-0.4, -0.2) is 47.2 Å². The van der Waals surface area contributed by atoms with E-state index in [2.05, 4.69) is 5.32 Å². The van der Waals surface area contributed by atoms with Gasteiger partial charge < -0.3 is 21.1 Å². The topological polar surface area (TPSA) is 78.6 Å². The van der Waals surface area contributed by atoms with E-state index in [4.69, 9.17) is 28.9 Å². The first kappa shape index (κ1) is 25.3. The van der Waals surface area contributed by atoms with Crippen molar-refractivity contribution < 1.29 is 18.7 Å². The third-order valence-corrected chi connectivity index (χ3v) is 7.30. The summed E-state index contributed by atoms with van der Waals surface area (Å²) < 4.78 is 30.8. The highest BCUT2D eigenvalue weighted by molar-refractivity contribution is 6.31. The number of nitrogens with two attached hydrogens (primary N) is 1. The molecule has 4 rings (SSSR count). The number of rotatable bonds is 4. The molecule has 2 aliphatic heterocycles. The summed E-state index contributed by atoms with van der Waals surface area (Å²) in [4.78, 5) is 15.0. The van der Waals surface area contributed by atoms with Crippen molar-refractivity contribution in [3.05, 3.63) is 69.2 Å². The van der Waals surface area contributed by atoms with Gasteiger partial charge in [0.15, 0.2) is 0 Å². The highest BCUT2D eigenvalue weighted by atomic mass is 35.5. The predicted molar refractivity (Wildman–Crippen MR) is 129 cm³/mol. The Morgan fingerprint density at radius 2 is 1.91 bits per heavy atom. The van der Waals surface area contributed by atoms with Crippen LogP contribution in [0.1, 0.15) is 44.2 Å². The standard InChI is InChI=1S/C25H29Cl2F2N3O2/c1-24(2,3)10-19-25(30,16-8-7-13(26)9-18(16)28)20(15-5-4-6-17(27)21(15)29)22(31-19)23(34)32-11-14(33)12-32/h4-9,14,19-20,22,31,33H,10-12,30H2,1-3H3. The van der Waals surface area contributed by atoms with Crippen molar-refractivity contribution >= 4 is 29.1 Å². The molecule has 0 spiro atoms. The van der Waals surface area contributed by atoms with Crippen LogP contribution in [0, 0.1) is 17.0 Å². The van der Waals surface area contributed by atoms with Crippen molar-refractivity contribution in [2.75, 3.05) is 13.1 Å². The first-order valence-electron chi connectivity index (χ1n) is 11.2. The van der Waals surface area contributed by atoms with Crippen molar-refractivity contribution in [1.82, 2.24) is 10.2 Å². The smallest absolute Gasteiger partial charge is 0.240 e. The minimum Gasteiger partial charge on any atom is -0.389 e. The van der Waals surface area contributed by atoms with E-state index in [9.17, 15) is 9.90 Å². The zero-order valence-corrected chi connectivity index (χ0v) is 20.8. The summed E-state index contributed by atoms with van der Waals surface area (Å²) in [5.41, 5.74) is 5.65. The number of amides is 1. The van der Waals surface area contributed by atoms with Gasteiger partial charge in [-0.2, -0.15) is 0 Å². The molecule has 1 amide bonds. The lowest BCUT2D eigenvalue weighted by Gasteiger charge is -2.41. The zero-order valence-electron chi connectivity index (χ0n) is 19.3. The normalized spacial score (nSPS) is 27.7. The van der Waals surface area contributed by atoms with Crippen LogP contribution in [0.25, 0.3) is 0 Å². The number of carbonyl (C=O) groups excluding carboxylic acids is 1. The second-order valence-electron chi connectivity index (χ2n) is 10.5. The fourth-order valence-electron chi connectivity index (χ4n) is 5.22. The van der Waals surface area contributed by atoms with Crippen LogP contribution in [0.2, 0.25) is 10.0 Å². The van der Waals surface area contributed by atoms with Gasteiger partial charge in [-0.15, -0.1) is 0 Å². The molecule has 34 heavy (non-hydrogen) atoms. The van der Waals surface area contributed by atoms with Crippen LogP contribution in [0.15, 0.2) is 36.4 Å². The minimum atomic E-state index is -1.50. The SMILES string of the molecule is CC(C)(C)CC1NC(C(=O)N2CC(O)C2)C(c2cccc(Cl)c2F)C1(N)c1ccc(Cl)cc1F. The van der Waals surface area contributed by atoms with Gasteiger partial charge in [-0.3, -0.25) is 4.79 Å². The number of aliphatic hydroxyl groups excluding tert-OH is 1. The van der Waals surface area contributed by atoms with Gasteiger partial charge in [0.05, 0.1) is 22.7 Å². The molecule has 4 N–H and O–H groups in total. The Bertz CT molecular complexity index is 1100. The molecule has 2 aliphatic rings. The zero-order chi connectivity index (χ0) is 25.0. The Hall–Kier alpha value is -1.77. The quantitative estimate of drug-likeness (QED) is 0.574. The molecular formula is C25H29Cl2F2N3O2. The molecule has 5 nitrogen and oxygen atoms in total. The minimum absolute atomic E-state index is 0.110. The molecule has 2 saturated heterocycles. The Kier molecular flexibility index (Phi) is 6.72. The van der Waals surface area contributed by atoms with Crippen LogP contribution in [-0.2, 0) is 10.3 Å². The van der Waals surface area contributed by atoms with Crippen molar-refractivity contribution in [2.45, 2.75) is 56.8 Å². The fraction of sp³-hybridized carbons (Fsp3) is 0.480. The molecule has 2 aromatic carbocycles. The molecule has 4 atom stereocenters. The summed E-state index contributed by atoms with van der Waals surface area (Å²) in [6.07, 6.45) is -0.121. The first-order chi connectivity index (χ1) is 15.8. The van der Waals surface area contributed by atoms with Gasteiger partial charge in [0.1, 0.15) is 11.6 Å². The molecule has 2 aromatic rings. The predicted octanol–water partition coefficient (Wildman–Crippen LogP) is 4.19. The number of hydrogen-bond donors (Lipinski definition) is 3. The van der Waals surface area contributed by atoms with E-state index in [0.29, 0.717) is 6.42 Å². The van der Waals surface area contributed by atoms with E-state index in [0.717, 1.165) is 0 Å². The van der Waals surface area contributed by atoms with E-state index in [1.807, 2.05) is 20.8 Å². The number of carbonyl (C=O) groups is 1. The average Bonchev–Trinajstić information content (AvgIpc) is 2.98. The third kappa shape index (κ3) is 4.44. The Labute approximate surface area is 208 Å². The van der Waals surface area contributed by atoms with Crippen molar-refractivity contribution in [2.24, 2.45) is 11.1 Å². The van der Waals surface area contributed by atoms with E-state index in [1.54, 1.807) is 6.07 Å². The molecule has 9 heteroatoms. The number of β-amino-alcohol motifs (C(OH)–C–C–N with tert-alkyl or cyclic N) is 1. The average molecular weight is 512 g/mol. The third-order valence-electron chi connectivity index (χ3n) is 6.78. The van der Waals surface area contributed by atoms with Gasteiger partial charge in [0.25, 0.3) is 0 Å².